The Bertz CT molecular complexity index is 545. The highest BCUT2D eigenvalue weighted by atomic mass is 35.5. The summed E-state index contributed by atoms with van der Waals surface area (Å²) in [5, 5.41) is 9.45. The third-order valence-electron chi connectivity index (χ3n) is 2.43. The van der Waals surface area contributed by atoms with Crippen LogP contribution in [0.4, 0.5) is 0 Å². The predicted octanol–water partition coefficient (Wildman–Crippen LogP) is 3.11. The molecule has 0 aliphatic heterocycles. The minimum absolute atomic E-state index is 0.331. The number of aromatic nitrogens is 1. The molecule has 0 aromatic carbocycles. The minimum atomic E-state index is -0.750. The van der Waals surface area contributed by atoms with E-state index in [4.69, 9.17) is 21.6 Å². The lowest BCUT2D eigenvalue weighted by molar-refractivity contribution is -0.137. The summed E-state index contributed by atoms with van der Waals surface area (Å²) in [6, 6.07) is 3.81. The number of esters is 1. The van der Waals surface area contributed by atoms with Crippen LogP contribution >= 0.6 is 11.6 Å². The summed E-state index contributed by atoms with van der Waals surface area (Å²) in [7, 11) is 0. The molecule has 0 atom stereocenters. The summed E-state index contributed by atoms with van der Waals surface area (Å²) in [5.41, 5.74) is 0.445. The molecule has 100 valence electrons. The molecular weight excluding hydrogens is 264 g/mol. The lowest BCUT2D eigenvalue weighted by Gasteiger charge is -2.16. The molecule has 4 nitrogen and oxygen atoms in total. The summed E-state index contributed by atoms with van der Waals surface area (Å²) < 4.78 is 4.77. The van der Waals surface area contributed by atoms with E-state index >= 15 is 0 Å². The fourth-order valence-corrected chi connectivity index (χ4v) is 1.82. The topological polar surface area (TPSA) is 63.0 Å². The van der Waals surface area contributed by atoms with E-state index in [0.717, 1.165) is 0 Å². The average Bonchev–Trinajstić information content (AvgIpc) is 2.36. The number of ether oxygens (including phenoxy) is 1. The molecule has 0 fully saturated rings. The van der Waals surface area contributed by atoms with Crippen molar-refractivity contribution in [3.8, 4) is 6.07 Å². The first-order chi connectivity index (χ1) is 8.90. The van der Waals surface area contributed by atoms with Crippen molar-refractivity contribution < 1.29 is 9.53 Å². The summed E-state index contributed by atoms with van der Waals surface area (Å²) in [6.45, 7) is 5.56. The molecule has 0 aliphatic rings. The first kappa shape index (κ1) is 15.2. The first-order valence-corrected chi connectivity index (χ1v) is 6.20. The van der Waals surface area contributed by atoms with Crippen molar-refractivity contribution in [3.05, 3.63) is 34.6 Å². The fourth-order valence-electron chi connectivity index (χ4n) is 1.41. The normalized spacial score (nSPS) is 11.3. The Morgan fingerprint density at radius 1 is 1.63 bits per heavy atom. The van der Waals surface area contributed by atoms with Gasteiger partial charge in [-0.05, 0) is 38.5 Å². The predicted molar refractivity (Wildman–Crippen MR) is 73.6 cm³/mol. The Morgan fingerprint density at radius 2 is 2.32 bits per heavy atom. The molecule has 0 aliphatic carbocycles. The Morgan fingerprint density at radius 3 is 2.84 bits per heavy atom. The van der Waals surface area contributed by atoms with Crippen molar-refractivity contribution in [2.75, 3.05) is 6.61 Å². The van der Waals surface area contributed by atoms with Gasteiger partial charge in [0.2, 0.25) is 0 Å². The molecule has 1 aromatic heterocycles. The monoisotopic (exact) mass is 278 g/mol. The van der Waals surface area contributed by atoms with Gasteiger partial charge in [-0.1, -0.05) is 11.6 Å². The number of hydrogen-bond acceptors (Lipinski definition) is 4. The standard InChI is InChI=1S/C14H15ClN2O2/c1-4-19-12(18)6-5-10-7-11(15)13(17-8-10)14(2,3)9-16/h5-8H,4H2,1-3H3/b6-5+. The number of nitrogens with zero attached hydrogens (tertiary/aromatic N) is 2. The number of nitriles is 1. The van der Waals surface area contributed by atoms with Gasteiger partial charge in [0.25, 0.3) is 0 Å². The van der Waals surface area contributed by atoms with Crippen LogP contribution in [-0.2, 0) is 14.9 Å². The number of rotatable bonds is 4. The zero-order valence-corrected chi connectivity index (χ0v) is 11.9. The van der Waals surface area contributed by atoms with E-state index in [0.29, 0.717) is 22.9 Å². The third-order valence-corrected chi connectivity index (χ3v) is 2.72. The maximum atomic E-state index is 11.2. The maximum absolute atomic E-state index is 11.2. The molecule has 0 spiro atoms. The van der Waals surface area contributed by atoms with Gasteiger partial charge in [0.15, 0.2) is 0 Å². The zero-order chi connectivity index (χ0) is 14.5. The molecule has 1 aromatic rings. The quantitative estimate of drug-likeness (QED) is 0.627. The van der Waals surface area contributed by atoms with Gasteiger partial charge in [0.1, 0.15) is 0 Å². The Kier molecular flexibility index (Phi) is 5.08. The van der Waals surface area contributed by atoms with E-state index in [2.05, 4.69) is 11.1 Å². The van der Waals surface area contributed by atoms with Gasteiger partial charge in [-0.2, -0.15) is 5.26 Å². The van der Waals surface area contributed by atoms with Gasteiger partial charge < -0.3 is 4.74 Å². The maximum Gasteiger partial charge on any atom is 0.330 e. The molecule has 5 heteroatoms. The highest BCUT2D eigenvalue weighted by molar-refractivity contribution is 6.31. The van der Waals surface area contributed by atoms with Crippen LogP contribution in [0.1, 0.15) is 32.0 Å². The van der Waals surface area contributed by atoms with Crippen LogP contribution in [0.15, 0.2) is 18.3 Å². The molecule has 0 saturated carbocycles. The summed E-state index contributed by atoms with van der Waals surface area (Å²) in [4.78, 5) is 15.4. The molecule has 0 bridgehead atoms. The molecule has 0 saturated heterocycles. The molecule has 0 amide bonds. The van der Waals surface area contributed by atoms with Crippen LogP contribution in [0.5, 0.6) is 0 Å². The molecule has 0 N–H and O–H groups in total. The lowest BCUT2D eigenvalue weighted by atomic mass is 9.90. The zero-order valence-electron chi connectivity index (χ0n) is 11.1. The van der Waals surface area contributed by atoms with Crippen LogP contribution in [0.25, 0.3) is 6.08 Å². The van der Waals surface area contributed by atoms with Crippen LogP contribution in [0, 0.1) is 11.3 Å². The van der Waals surface area contributed by atoms with Crippen LogP contribution in [0.3, 0.4) is 0 Å². The highest BCUT2D eigenvalue weighted by Gasteiger charge is 2.24. The highest BCUT2D eigenvalue weighted by Crippen LogP contribution is 2.28. The van der Waals surface area contributed by atoms with Gasteiger partial charge in [-0.25, -0.2) is 4.79 Å². The second-order valence-electron chi connectivity index (χ2n) is 4.42. The Hall–Kier alpha value is -1.86. The van der Waals surface area contributed by atoms with Crippen molar-refractivity contribution in [2.45, 2.75) is 26.2 Å². The van der Waals surface area contributed by atoms with E-state index in [1.165, 1.54) is 6.08 Å². The van der Waals surface area contributed by atoms with E-state index in [-0.39, 0.29) is 0 Å². The van der Waals surface area contributed by atoms with Crippen molar-refractivity contribution in [3.63, 3.8) is 0 Å². The van der Waals surface area contributed by atoms with E-state index in [9.17, 15) is 4.79 Å². The fraction of sp³-hybridized carbons (Fsp3) is 0.357. The van der Waals surface area contributed by atoms with Gasteiger partial charge >= 0.3 is 5.97 Å². The summed E-state index contributed by atoms with van der Waals surface area (Å²) in [5.74, 6) is -0.417. The van der Waals surface area contributed by atoms with Crippen molar-refractivity contribution in [1.29, 1.82) is 5.26 Å². The summed E-state index contributed by atoms with van der Waals surface area (Å²) >= 11 is 6.11. The molecule has 19 heavy (non-hydrogen) atoms. The minimum Gasteiger partial charge on any atom is -0.463 e. The SMILES string of the molecule is CCOC(=O)/C=C/c1cnc(C(C)(C)C#N)c(Cl)c1. The van der Waals surface area contributed by atoms with Gasteiger partial charge in [-0.3, -0.25) is 4.98 Å². The van der Waals surface area contributed by atoms with Crippen molar-refractivity contribution >= 4 is 23.6 Å². The molecule has 1 rings (SSSR count). The number of carbonyl (C=O) groups is 1. The third kappa shape index (κ3) is 4.08. The van der Waals surface area contributed by atoms with Gasteiger partial charge in [0, 0.05) is 12.3 Å². The molecule has 0 unspecified atom stereocenters. The molecular formula is C14H15ClN2O2. The molecule has 0 radical (unpaired) electrons. The molecule has 1 heterocycles. The first-order valence-electron chi connectivity index (χ1n) is 5.83. The second kappa shape index (κ2) is 6.35. The number of carbonyl (C=O) groups excluding carboxylic acids is 1. The van der Waals surface area contributed by atoms with Crippen molar-refractivity contribution in [1.82, 2.24) is 4.98 Å². The van der Waals surface area contributed by atoms with Gasteiger partial charge in [0.05, 0.1) is 28.8 Å². The van der Waals surface area contributed by atoms with Crippen LogP contribution < -0.4 is 0 Å². The Labute approximate surface area is 117 Å². The van der Waals surface area contributed by atoms with E-state index < -0.39 is 11.4 Å². The second-order valence-corrected chi connectivity index (χ2v) is 4.83. The lowest BCUT2D eigenvalue weighted by Crippen LogP contribution is -2.16. The average molecular weight is 279 g/mol. The summed E-state index contributed by atoms with van der Waals surface area (Å²) in [6.07, 6.45) is 4.45. The van der Waals surface area contributed by atoms with Crippen molar-refractivity contribution in [2.24, 2.45) is 0 Å². The smallest absolute Gasteiger partial charge is 0.330 e. The number of halogens is 1. The number of hydrogen-bond donors (Lipinski definition) is 0. The Balaban J connectivity index is 2.96. The van der Waals surface area contributed by atoms with Gasteiger partial charge in [-0.15, -0.1) is 0 Å². The number of pyridine rings is 1. The largest absolute Gasteiger partial charge is 0.463 e. The van der Waals surface area contributed by atoms with E-state index in [1.54, 1.807) is 39.1 Å². The van der Waals surface area contributed by atoms with Crippen LogP contribution in [-0.4, -0.2) is 17.6 Å². The van der Waals surface area contributed by atoms with Crippen LogP contribution in [0.2, 0.25) is 5.02 Å². The van der Waals surface area contributed by atoms with E-state index in [1.807, 2.05) is 0 Å².